The zero-order valence-corrected chi connectivity index (χ0v) is 15.7. The van der Waals surface area contributed by atoms with Gasteiger partial charge in [-0.25, -0.2) is 0 Å². The van der Waals surface area contributed by atoms with Crippen molar-refractivity contribution in [3.8, 4) is 5.75 Å². The molecule has 2 N–H and O–H groups in total. The van der Waals surface area contributed by atoms with Crippen LogP contribution in [0.25, 0.3) is 0 Å². The number of para-hydroxylation sites is 1. The Labute approximate surface area is 161 Å². The van der Waals surface area contributed by atoms with Gasteiger partial charge in [0.2, 0.25) is 0 Å². The van der Waals surface area contributed by atoms with E-state index in [1.807, 2.05) is 59.5 Å². The minimum absolute atomic E-state index is 0.0888. The van der Waals surface area contributed by atoms with Gasteiger partial charge in [-0.15, -0.1) is 0 Å². The second kappa shape index (κ2) is 10.1. The zero-order chi connectivity index (χ0) is 18.9. The molecular formula is C22H28N2O3. The summed E-state index contributed by atoms with van der Waals surface area (Å²) in [5, 5.41) is 0. The lowest BCUT2D eigenvalue weighted by Gasteiger charge is -2.32. The van der Waals surface area contributed by atoms with Gasteiger partial charge in [-0.2, -0.15) is 0 Å². The summed E-state index contributed by atoms with van der Waals surface area (Å²) in [6.07, 6.45) is 2.91. The van der Waals surface area contributed by atoms with E-state index in [1.165, 1.54) is 0 Å². The van der Waals surface area contributed by atoms with Crippen molar-refractivity contribution in [2.24, 2.45) is 5.73 Å². The van der Waals surface area contributed by atoms with Crippen molar-refractivity contribution in [3.63, 3.8) is 0 Å². The van der Waals surface area contributed by atoms with Gasteiger partial charge in [0.05, 0.1) is 6.10 Å². The molecule has 1 saturated heterocycles. The number of amides is 1. The predicted octanol–water partition coefficient (Wildman–Crippen LogP) is 3.24. The van der Waals surface area contributed by atoms with Crippen LogP contribution in [0.2, 0.25) is 0 Å². The minimum atomic E-state index is 0.0888. The van der Waals surface area contributed by atoms with Gasteiger partial charge < -0.3 is 20.1 Å². The van der Waals surface area contributed by atoms with Crippen molar-refractivity contribution >= 4 is 5.91 Å². The molecule has 2 aromatic carbocycles. The molecule has 1 amide bonds. The van der Waals surface area contributed by atoms with E-state index in [9.17, 15) is 4.79 Å². The van der Waals surface area contributed by atoms with E-state index in [2.05, 4.69) is 0 Å². The molecule has 1 aliphatic heterocycles. The molecule has 0 aromatic heterocycles. The Morgan fingerprint density at radius 3 is 2.41 bits per heavy atom. The normalized spacial score (nSPS) is 14.9. The average molecular weight is 368 g/mol. The SMILES string of the molecule is NCCCOC1CCN(C(=O)c2ccc(COc3ccccc3)cc2)CC1. The molecule has 1 heterocycles. The van der Waals surface area contributed by atoms with Crippen LogP contribution in [0.1, 0.15) is 35.2 Å². The number of rotatable bonds is 8. The Hall–Kier alpha value is -2.37. The number of nitrogens with zero attached hydrogens (tertiary/aromatic N) is 1. The lowest BCUT2D eigenvalue weighted by Crippen LogP contribution is -2.41. The highest BCUT2D eigenvalue weighted by Crippen LogP contribution is 2.18. The van der Waals surface area contributed by atoms with Crippen molar-refractivity contribution in [2.75, 3.05) is 26.2 Å². The number of likely N-dealkylation sites (tertiary alicyclic amines) is 1. The monoisotopic (exact) mass is 368 g/mol. The summed E-state index contributed by atoms with van der Waals surface area (Å²) < 4.78 is 11.5. The van der Waals surface area contributed by atoms with Crippen LogP contribution in [0.15, 0.2) is 54.6 Å². The highest BCUT2D eigenvalue weighted by Gasteiger charge is 2.23. The topological polar surface area (TPSA) is 64.8 Å². The van der Waals surface area contributed by atoms with Crippen molar-refractivity contribution in [3.05, 3.63) is 65.7 Å². The average Bonchev–Trinajstić information content (AvgIpc) is 2.74. The highest BCUT2D eigenvalue weighted by molar-refractivity contribution is 5.94. The Morgan fingerprint density at radius 1 is 1.04 bits per heavy atom. The standard InChI is InChI=1S/C22H28N2O3/c23-13-4-16-26-21-11-14-24(15-12-21)22(25)19-9-7-18(8-10-19)17-27-20-5-2-1-3-6-20/h1-3,5-10,21H,4,11-17,23H2. The van der Waals surface area contributed by atoms with E-state index in [-0.39, 0.29) is 12.0 Å². The maximum atomic E-state index is 12.7. The molecule has 0 radical (unpaired) electrons. The lowest BCUT2D eigenvalue weighted by molar-refractivity contribution is 0.00844. The number of nitrogens with two attached hydrogens (primary N) is 1. The Kier molecular flexibility index (Phi) is 7.25. The molecule has 0 saturated carbocycles. The quantitative estimate of drug-likeness (QED) is 0.727. The van der Waals surface area contributed by atoms with Crippen LogP contribution in [0.3, 0.4) is 0 Å². The van der Waals surface area contributed by atoms with Gasteiger partial charge in [0, 0.05) is 25.3 Å². The highest BCUT2D eigenvalue weighted by atomic mass is 16.5. The van der Waals surface area contributed by atoms with Crippen LogP contribution in [-0.4, -0.2) is 43.2 Å². The maximum Gasteiger partial charge on any atom is 0.253 e. The third-order valence-electron chi connectivity index (χ3n) is 4.78. The van der Waals surface area contributed by atoms with Crippen LogP contribution in [0.5, 0.6) is 5.75 Å². The van der Waals surface area contributed by atoms with Crippen LogP contribution in [-0.2, 0) is 11.3 Å². The summed E-state index contributed by atoms with van der Waals surface area (Å²) in [6, 6.07) is 17.4. The fraction of sp³-hybridized carbons (Fsp3) is 0.409. The number of hydrogen-bond acceptors (Lipinski definition) is 4. The van der Waals surface area contributed by atoms with E-state index >= 15 is 0 Å². The smallest absolute Gasteiger partial charge is 0.253 e. The van der Waals surface area contributed by atoms with Crippen LogP contribution in [0, 0.1) is 0 Å². The molecule has 0 aliphatic carbocycles. The van der Waals surface area contributed by atoms with Gasteiger partial charge in [0.25, 0.3) is 5.91 Å². The molecule has 144 valence electrons. The number of carbonyl (C=O) groups excluding carboxylic acids is 1. The van der Waals surface area contributed by atoms with Crippen LogP contribution >= 0.6 is 0 Å². The molecule has 1 aliphatic rings. The molecule has 0 atom stereocenters. The first-order chi connectivity index (χ1) is 13.3. The summed E-state index contributed by atoms with van der Waals surface area (Å²) in [5.74, 6) is 0.931. The lowest BCUT2D eigenvalue weighted by atomic mass is 10.1. The van der Waals surface area contributed by atoms with Gasteiger partial charge in [-0.3, -0.25) is 4.79 Å². The van der Waals surface area contributed by atoms with Crippen molar-refractivity contribution in [2.45, 2.75) is 32.0 Å². The third-order valence-corrected chi connectivity index (χ3v) is 4.78. The number of piperidine rings is 1. The van der Waals surface area contributed by atoms with Crippen molar-refractivity contribution in [1.29, 1.82) is 0 Å². The molecule has 5 heteroatoms. The number of ether oxygens (including phenoxy) is 2. The van der Waals surface area contributed by atoms with E-state index < -0.39 is 0 Å². The first-order valence-electron chi connectivity index (χ1n) is 9.64. The molecule has 27 heavy (non-hydrogen) atoms. The van der Waals surface area contributed by atoms with E-state index in [1.54, 1.807) is 0 Å². The van der Waals surface area contributed by atoms with E-state index in [0.717, 1.165) is 49.2 Å². The van der Waals surface area contributed by atoms with E-state index in [0.29, 0.717) is 19.8 Å². The third kappa shape index (κ3) is 5.81. The van der Waals surface area contributed by atoms with Crippen molar-refractivity contribution < 1.29 is 14.3 Å². The molecule has 0 unspecified atom stereocenters. The van der Waals surface area contributed by atoms with Gasteiger partial charge in [0.1, 0.15) is 12.4 Å². The Bertz CT molecular complexity index is 695. The Morgan fingerprint density at radius 2 is 1.74 bits per heavy atom. The zero-order valence-electron chi connectivity index (χ0n) is 15.7. The summed E-state index contributed by atoms with van der Waals surface area (Å²) in [4.78, 5) is 14.6. The van der Waals surface area contributed by atoms with Crippen LogP contribution < -0.4 is 10.5 Å². The molecule has 0 bridgehead atoms. The molecule has 5 nitrogen and oxygen atoms in total. The van der Waals surface area contributed by atoms with Gasteiger partial charge in [-0.1, -0.05) is 30.3 Å². The second-order valence-electron chi connectivity index (χ2n) is 6.80. The Balaban J connectivity index is 1.46. The summed E-state index contributed by atoms with van der Waals surface area (Å²) in [6.45, 7) is 3.34. The largest absolute Gasteiger partial charge is 0.489 e. The number of carbonyl (C=O) groups is 1. The predicted molar refractivity (Wildman–Crippen MR) is 106 cm³/mol. The minimum Gasteiger partial charge on any atom is -0.489 e. The second-order valence-corrected chi connectivity index (χ2v) is 6.80. The van der Waals surface area contributed by atoms with E-state index in [4.69, 9.17) is 15.2 Å². The van der Waals surface area contributed by atoms with Gasteiger partial charge in [0.15, 0.2) is 0 Å². The first-order valence-corrected chi connectivity index (χ1v) is 9.64. The first kappa shape index (κ1) is 19.4. The number of hydrogen-bond donors (Lipinski definition) is 1. The summed E-state index contributed by atoms with van der Waals surface area (Å²) in [7, 11) is 0. The molecule has 2 aromatic rings. The number of benzene rings is 2. The maximum absolute atomic E-state index is 12.7. The molecule has 0 spiro atoms. The fourth-order valence-corrected chi connectivity index (χ4v) is 3.17. The molecular weight excluding hydrogens is 340 g/mol. The van der Waals surface area contributed by atoms with Gasteiger partial charge >= 0.3 is 0 Å². The fourth-order valence-electron chi connectivity index (χ4n) is 3.17. The summed E-state index contributed by atoms with van der Waals surface area (Å²) in [5.41, 5.74) is 7.26. The van der Waals surface area contributed by atoms with Gasteiger partial charge in [-0.05, 0) is 55.6 Å². The van der Waals surface area contributed by atoms with Crippen LogP contribution in [0.4, 0.5) is 0 Å². The summed E-state index contributed by atoms with van der Waals surface area (Å²) >= 11 is 0. The van der Waals surface area contributed by atoms with Crippen molar-refractivity contribution in [1.82, 2.24) is 4.90 Å². The molecule has 3 rings (SSSR count). The molecule has 1 fully saturated rings.